The lowest BCUT2D eigenvalue weighted by Gasteiger charge is -2.60. The molecule has 0 N–H and O–H groups in total. The van der Waals surface area contributed by atoms with Crippen molar-refractivity contribution in [1.29, 1.82) is 0 Å². The van der Waals surface area contributed by atoms with Crippen LogP contribution in [0.3, 0.4) is 0 Å². The number of likely N-dealkylation sites (N-methyl/N-ethyl adjacent to an activating group) is 1. The van der Waals surface area contributed by atoms with Crippen molar-refractivity contribution in [3.8, 4) is 5.75 Å². The fourth-order valence-electron chi connectivity index (χ4n) is 6.06. The van der Waals surface area contributed by atoms with Gasteiger partial charge in [0.05, 0.1) is 7.11 Å². The minimum Gasteiger partial charge on any atom is -0.497 e. The molecule has 4 rings (SSSR count). The van der Waals surface area contributed by atoms with Gasteiger partial charge in [-0.15, -0.1) is 0 Å². The quantitative estimate of drug-likeness (QED) is 0.850. The third-order valence-corrected chi connectivity index (χ3v) is 6.98. The zero-order valence-corrected chi connectivity index (χ0v) is 15.2. The first kappa shape index (κ1) is 16.1. The van der Waals surface area contributed by atoms with Crippen LogP contribution >= 0.6 is 0 Å². The summed E-state index contributed by atoms with van der Waals surface area (Å²) in [5.41, 5.74) is 2.91. The van der Waals surface area contributed by atoms with Crippen molar-refractivity contribution < 1.29 is 9.53 Å². The highest BCUT2D eigenvalue weighted by molar-refractivity contribution is 5.82. The predicted molar refractivity (Wildman–Crippen MR) is 95.5 cm³/mol. The summed E-state index contributed by atoms with van der Waals surface area (Å²) < 4.78 is 5.52. The Morgan fingerprint density at radius 2 is 2.17 bits per heavy atom. The van der Waals surface area contributed by atoms with Gasteiger partial charge in [-0.25, -0.2) is 0 Å². The standard InChI is InChI=1S/C21H29NO2/c1-4-5-15-10-16(23)13-21-8-9-22(2)19(20(15)21)11-14-6-7-17(24-3)12-18(14)21/h6-7,12,15,19-20H,4-5,8-11,13H2,1-3H3/t15-,19?,20-,21?/m1/s1. The van der Waals surface area contributed by atoms with Gasteiger partial charge in [-0.05, 0) is 68.0 Å². The number of fused-ring (bicyclic) bond motifs is 1. The van der Waals surface area contributed by atoms with Gasteiger partial charge in [0.15, 0.2) is 0 Å². The zero-order chi connectivity index (χ0) is 16.9. The highest BCUT2D eigenvalue weighted by Crippen LogP contribution is 2.57. The maximum Gasteiger partial charge on any atom is 0.134 e. The van der Waals surface area contributed by atoms with Crippen molar-refractivity contribution in [1.82, 2.24) is 4.90 Å². The number of carbonyl (C=O) groups is 1. The number of Topliss-reactive ketones (excluding diaryl/α,β-unsaturated/α-hetero) is 1. The van der Waals surface area contributed by atoms with Crippen molar-refractivity contribution >= 4 is 5.78 Å². The largest absolute Gasteiger partial charge is 0.497 e. The first-order chi connectivity index (χ1) is 11.6. The number of methoxy groups -OCH3 is 1. The van der Waals surface area contributed by atoms with E-state index in [1.54, 1.807) is 7.11 Å². The highest BCUT2D eigenvalue weighted by Gasteiger charge is 2.57. The molecule has 24 heavy (non-hydrogen) atoms. The number of hydrogen-bond donors (Lipinski definition) is 0. The maximum absolute atomic E-state index is 12.7. The van der Waals surface area contributed by atoms with Crippen LogP contribution in [-0.4, -0.2) is 37.4 Å². The number of rotatable bonds is 3. The highest BCUT2D eigenvalue weighted by atomic mass is 16.5. The number of piperidine rings is 1. The van der Waals surface area contributed by atoms with Gasteiger partial charge in [0.2, 0.25) is 0 Å². The topological polar surface area (TPSA) is 29.5 Å². The lowest BCUT2D eigenvalue weighted by atomic mass is 9.49. The molecule has 1 saturated carbocycles. The van der Waals surface area contributed by atoms with Crippen LogP contribution in [0.4, 0.5) is 0 Å². The van der Waals surface area contributed by atoms with Crippen molar-refractivity contribution in [2.24, 2.45) is 11.8 Å². The molecule has 1 aromatic carbocycles. The van der Waals surface area contributed by atoms with Crippen LogP contribution in [0.25, 0.3) is 0 Å². The first-order valence-corrected chi connectivity index (χ1v) is 9.48. The molecule has 0 amide bonds. The Morgan fingerprint density at radius 3 is 2.92 bits per heavy atom. The second-order valence-electron chi connectivity index (χ2n) is 8.18. The molecule has 4 atom stereocenters. The van der Waals surface area contributed by atoms with E-state index in [0.29, 0.717) is 23.7 Å². The molecule has 0 radical (unpaired) electrons. The van der Waals surface area contributed by atoms with Crippen molar-refractivity contribution in [2.45, 2.75) is 56.9 Å². The second-order valence-corrected chi connectivity index (χ2v) is 8.18. The summed E-state index contributed by atoms with van der Waals surface area (Å²) in [6.07, 6.45) is 6.12. The van der Waals surface area contributed by atoms with Crippen LogP contribution in [0.2, 0.25) is 0 Å². The Hall–Kier alpha value is -1.35. The second kappa shape index (κ2) is 5.87. The van der Waals surface area contributed by atoms with Crippen molar-refractivity contribution in [2.75, 3.05) is 20.7 Å². The maximum atomic E-state index is 12.7. The van der Waals surface area contributed by atoms with E-state index in [2.05, 4.69) is 37.1 Å². The van der Waals surface area contributed by atoms with E-state index >= 15 is 0 Å². The predicted octanol–water partition coefficient (Wildman–Crippen LogP) is 3.59. The van der Waals surface area contributed by atoms with E-state index < -0.39 is 0 Å². The first-order valence-electron chi connectivity index (χ1n) is 9.48. The van der Waals surface area contributed by atoms with Gasteiger partial charge in [0.1, 0.15) is 11.5 Å². The molecule has 1 heterocycles. The number of ketones is 1. The van der Waals surface area contributed by atoms with Crippen molar-refractivity contribution in [3.63, 3.8) is 0 Å². The molecule has 3 nitrogen and oxygen atoms in total. The Balaban J connectivity index is 1.88. The monoisotopic (exact) mass is 327 g/mol. The van der Waals surface area contributed by atoms with E-state index in [-0.39, 0.29) is 5.41 Å². The lowest BCUT2D eigenvalue weighted by molar-refractivity contribution is -0.131. The van der Waals surface area contributed by atoms with Gasteiger partial charge in [-0.3, -0.25) is 4.79 Å². The fourth-order valence-corrected chi connectivity index (χ4v) is 6.06. The smallest absolute Gasteiger partial charge is 0.134 e. The Labute approximate surface area is 145 Å². The Morgan fingerprint density at radius 1 is 1.33 bits per heavy atom. The summed E-state index contributed by atoms with van der Waals surface area (Å²) in [6.45, 7) is 3.36. The molecular formula is C21H29NO2. The molecule has 0 aromatic heterocycles. The van der Waals surface area contributed by atoms with Gasteiger partial charge in [0.25, 0.3) is 0 Å². The molecule has 2 bridgehead atoms. The zero-order valence-electron chi connectivity index (χ0n) is 15.2. The van der Waals surface area contributed by atoms with Crippen LogP contribution in [0.15, 0.2) is 18.2 Å². The average molecular weight is 327 g/mol. The van der Waals surface area contributed by atoms with Gasteiger partial charge < -0.3 is 9.64 Å². The summed E-state index contributed by atoms with van der Waals surface area (Å²) in [5.74, 6) is 2.57. The summed E-state index contributed by atoms with van der Waals surface area (Å²) in [7, 11) is 4.02. The number of nitrogens with zero attached hydrogens (tertiary/aromatic N) is 1. The summed E-state index contributed by atoms with van der Waals surface area (Å²) >= 11 is 0. The average Bonchev–Trinajstić information content (AvgIpc) is 2.58. The fraction of sp³-hybridized carbons (Fsp3) is 0.667. The number of hydrogen-bond acceptors (Lipinski definition) is 3. The van der Waals surface area contributed by atoms with Gasteiger partial charge in [-0.2, -0.15) is 0 Å². The van der Waals surface area contributed by atoms with E-state index in [4.69, 9.17) is 4.74 Å². The SMILES string of the molecule is CCC[C@@H]1CC(=O)CC23CCN(C)C(Cc4ccc(OC)cc42)[C@@H]13. The summed E-state index contributed by atoms with van der Waals surface area (Å²) in [4.78, 5) is 15.3. The van der Waals surface area contributed by atoms with Gasteiger partial charge >= 0.3 is 0 Å². The minimum absolute atomic E-state index is 0.0501. The molecule has 3 aliphatic rings. The van der Waals surface area contributed by atoms with E-state index in [0.717, 1.165) is 38.0 Å². The number of ether oxygens (including phenoxy) is 1. The molecule has 1 aliphatic heterocycles. The molecule has 2 aliphatic carbocycles. The van der Waals surface area contributed by atoms with Crippen LogP contribution < -0.4 is 4.74 Å². The molecule has 130 valence electrons. The lowest BCUT2D eigenvalue weighted by Crippen LogP contribution is -2.63. The van der Waals surface area contributed by atoms with Crippen molar-refractivity contribution in [3.05, 3.63) is 29.3 Å². The molecule has 2 fully saturated rings. The number of carbonyl (C=O) groups excluding carboxylic acids is 1. The number of benzene rings is 1. The van der Waals surface area contributed by atoms with E-state index in [1.165, 1.54) is 24.0 Å². The Kier molecular flexibility index (Phi) is 3.95. The van der Waals surface area contributed by atoms with Crippen LogP contribution in [0.5, 0.6) is 5.75 Å². The third kappa shape index (κ3) is 2.24. The Bertz CT molecular complexity index is 655. The van der Waals surface area contributed by atoms with Crippen LogP contribution in [0, 0.1) is 11.8 Å². The third-order valence-electron chi connectivity index (χ3n) is 6.98. The van der Waals surface area contributed by atoms with E-state index in [1.807, 2.05) is 0 Å². The van der Waals surface area contributed by atoms with Crippen LogP contribution in [-0.2, 0) is 16.6 Å². The van der Waals surface area contributed by atoms with Gasteiger partial charge in [-0.1, -0.05) is 19.4 Å². The van der Waals surface area contributed by atoms with E-state index in [9.17, 15) is 4.79 Å². The molecule has 3 heteroatoms. The molecule has 0 spiro atoms. The summed E-state index contributed by atoms with van der Waals surface area (Å²) in [5, 5.41) is 0. The summed E-state index contributed by atoms with van der Waals surface area (Å²) in [6, 6.07) is 7.15. The van der Waals surface area contributed by atoms with Gasteiger partial charge in [0, 0.05) is 24.3 Å². The normalized spacial score (nSPS) is 35.3. The minimum atomic E-state index is 0.0501. The van der Waals surface area contributed by atoms with Crippen LogP contribution in [0.1, 0.15) is 50.2 Å². The molecule has 1 aromatic rings. The molecule has 2 unspecified atom stereocenters. The number of likely N-dealkylation sites (tertiary alicyclic amines) is 1. The molecule has 1 saturated heterocycles. The molecular weight excluding hydrogens is 298 g/mol.